The zero-order valence-corrected chi connectivity index (χ0v) is 12.5. The fourth-order valence-electron chi connectivity index (χ4n) is 2.41. The van der Waals surface area contributed by atoms with E-state index in [0.717, 1.165) is 18.0 Å². The normalized spacial score (nSPS) is 13.8. The number of thioether (sulfide) groups is 1. The number of hydrogen-bond acceptors (Lipinski definition) is 4. The average Bonchev–Trinajstić information content (AvgIpc) is 2.53. The summed E-state index contributed by atoms with van der Waals surface area (Å²) < 4.78 is 0. The summed E-state index contributed by atoms with van der Waals surface area (Å²) in [7, 11) is 0. The number of nitrogens with two attached hydrogens (primary N) is 1. The van der Waals surface area contributed by atoms with Crippen molar-refractivity contribution in [1.82, 2.24) is 9.88 Å². The standard InChI is InChI=1S/C16H17N3OS/c17-14-5-6-15(18-9-14)21-11-16(20)19-8-7-12-3-1-2-4-13(12)10-19/h1-6,9H,7-8,10-11,17H2. The third-order valence-electron chi connectivity index (χ3n) is 3.59. The summed E-state index contributed by atoms with van der Waals surface area (Å²) in [4.78, 5) is 18.4. The molecule has 0 aliphatic carbocycles. The number of pyridine rings is 1. The molecule has 0 spiro atoms. The fraction of sp³-hybridized carbons (Fsp3) is 0.250. The van der Waals surface area contributed by atoms with Crippen molar-refractivity contribution < 1.29 is 4.79 Å². The van der Waals surface area contributed by atoms with Crippen molar-refractivity contribution in [3.8, 4) is 0 Å². The van der Waals surface area contributed by atoms with E-state index in [1.165, 1.54) is 22.9 Å². The van der Waals surface area contributed by atoms with Crippen LogP contribution < -0.4 is 5.73 Å². The van der Waals surface area contributed by atoms with E-state index in [9.17, 15) is 4.79 Å². The lowest BCUT2D eigenvalue weighted by atomic mass is 10.00. The van der Waals surface area contributed by atoms with E-state index in [1.54, 1.807) is 12.3 Å². The molecule has 2 aromatic rings. The first kappa shape index (κ1) is 13.9. The van der Waals surface area contributed by atoms with Gasteiger partial charge < -0.3 is 10.6 Å². The largest absolute Gasteiger partial charge is 0.397 e. The van der Waals surface area contributed by atoms with Crippen LogP contribution in [0.1, 0.15) is 11.1 Å². The maximum atomic E-state index is 12.3. The lowest BCUT2D eigenvalue weighted by Crippen LogP contribution is -2.37. The van der Waals surface area contributed by atoms with Gasteiger partial charge in [-0.1, -0.05) is 36.0 Å². The molecule has 0 saturated carbocycles. The molecule has 0 atom stereocenters. The van der Waals surface area contributed by atoms with Crippen molar-refractivity contribution in [2.45, 2.75) is 18.0 Å². The molecule has 2 N–H and O–H groups in total. The van der Waals surface area contributed by atoms with Gasteiger partial charge in [0, 0.05) is 13.1 Å². The summed E-state index contributed by atoms with van der Waals surface area (Å²) >= 11 is 1.45. The monoisotopic (exact) mass is 299 g/mol. The Morgan fingerprint density at radius 3 is 2.81 bits per heavy atom. The molecule has 0 fully saturated rings. The molecule has 1 amide bonds. The summed E-state index contributed by atoms with van der Waals surface area (Å²) in [5.41, 5.74) is 8.85. The quantitative estimate of drug-likeness (QED) is 0.884. The van der Waals surface area contributed by atoms with Crippen LogP contribution in [-0.2, 0) is 17.8 Å². The maximum absolute atomic E-state index is 12.3. The number of nitrogen functional groups attached to an aromatic ring is 1. The second kappa shape index (κ2) is 6.18. The highest BCUT2D eigenvalue weighted by Gasteiger charge is 2.20. The van der Waals surface area contributed by atoms with E-state index in [1.807, 2.05) is 17.0 Å². The molecule has 1 aromatic carbocycles. The Hall–Kier alpha value is -2.01. The molecule has 2 heterocycles. The third-order valence-corrected chi connectivity index (χ3v) is 4.51. The van der Waals surface area contributed by atoms with Gasteiger partial charge in [0.1, 0.15) is 0 Å². The summed E-state index contributed by atoms with van der Waals surface area (Å²) in [6, 6.07) is 12.0. The lowest BCUT2D eigenvalue weighted by Gasteiger charge is -2.28. The SMILES string of the molecule is Nc1ccc(SCC(=O)N2CCc3ccccc3C2)nc1. The van der Waals surface area contributed by atoms with Gasteiger partial charge in [-0.3, -0.25) is 4.79 Å². The van der Waals surface area contributed by atoms with E-state index in [0.29, 0.717) is 18.0 Å². The first-order chi connectivity index (χ1) is 10.2. The molecule has 0 saturated heterocycles. The molecule has 1 aliphatic rings. The van der Waals surface area contributed by atoms with E-state index in [2.05, 4.69) is 23.2 Å². The second-order valence-electron chi connectivity index (χ2n) is 5.05. The summed E-state index contributed by atoms with van der Waals surface area (Å²) in [6.45, 7) is 1.51. The molecule has 21 heavy (non-hydrogen) atoms. The summed E-state index contributed by atoms with van der Waals surface area (Å²) in [5, 5.41) is 0.829. The molecule has 0 bridgehead atoms. The van der Waals surface area contributed by atoms with Gasteiger partial charge in [-0.15, -0.1) is 0 Å². The minimum absolute atomic E-state index is 0.160. The maximum Gasteiger partial charge on any atom is 0.233 e. The Kier molecular flexibility index (Phi) is 4.10. The third kappa shape index (κ3) is 3.36. The Bertz CT molecular complexity index is 642. The Labute approximate surface area is 128 Å². The van der Waals surface area contributed by atoms with Crippen LogP contribution in [-0.4, -0.2) is 28.1 Å². The van der Waals surface area contributed by atoms with Crippen molar-refractivity contribution in [2.75, 3.05) is 18.0 Å². The van der Waals surface area contributed by atoms with Crippen LogP contribution in [0.2, 0.25) is 0 Å². The number of carbonyl (C=O) groups excluding carboxylic acids is 1. The van der Waals surface area contributed by atoms with Crippen LogP contribution in [0.5, 0.6) is 0 Å². The minimum atomic E-state index is 0.160. The molecule has 0 radical (unpaired) electrons. The molecule has 1 aliphatic heterocycles. The molecule has 5 heteroatoms. The van der Waals surface area contributed by atoms with E-state index >= 15 is 0 Å². The fourth-order valence-corrected chi connectivity index (χ4v) is 3.16. The minimum Gasteiger partial charge on any atom is -0.397 e. The summed E-state index contributed by atoms with van der Waals surface area (Å²) in [5.74, 6) is 0.576. The highest BCUT2D eigenvalue weighted by atomic mass is 32.2. The smallest absolute Gasteiger partial charge is 0.233 e. The van der Waals surface area contributed by atoms with Crippen LogP contribution in [0.15, 0.2) is 47.6 Å². The van der Waals surface area contributed by atoms with E-state index in [4.69, 9.17) is 5.73 Å². The highest BCUT2D eigenvalue weighted by Crippen LogP contribution is 2.21. The summed E-state index contributed by atoms with van der Waals surface area (Å²) in [6.07, 6.45) is 2.55. The van der Waals surface area contributed by atoms with Crippen molar-refractivity contribution >= 4 is 23.4 Å². The predicted molar refractivity (Wildman–Crippen MR) is 84.9 cm³/mol. The zero-order chi connectivity index (χ0) is 14.7. The van der Waals surface area contributed by atoms with Gasteiger partial charge in [0.25, 0.3) is 0 Å². The zero-order valence-electron chi connectivity index (χ0n) is 11.7. The molecule has 1 aromatic heterocycles. The van der Waals surface area contributed by atoms with Gasteiger partial charge in [0.15, 0.2) is 0 Å². The van der Waals surface area contributed by atoms with Gasteiger partial charge >= 0.3 is 0 Å². The topological polar surface area (TPSA) is 59.2 Å². The van der Waals surface area contributed by atoms with E-state index < -0.39 is 0 Å². The Morgan fingerprint density at radius 1 is 1.24 bits per heavy atom. The Balaban J connectivity index is 1.58. The van der Waals surface area contributed by atoms with Gasteiger partial charge in [0.2, 0.25) is 5.91 Å². The molecule has 0 unspecified atom stereocenters. The number of rotatable bonds is 3. The number of nitrogens with zero attached hydrogens (tertiary/aromatic N) is 2. The number of aromatic nitrogens is 1. The van der Waals surface area contributed by atoms with Gasteiger partial charge in [-0.2, -0.15) is 0 Å². The first-order valence-electron chi connectivity index (χ1n) is 6.91. The molecule has 3 rings (SSSR count). The van der Waals surface area contributed by atoms with Crippen LogP contribution in [0.4, 0.5) is 5.69 Å². The van der Waals surface area contributed by atoms with Gasteiger partial charge in [0.05, 0.1) is 22.7 Å². The number of carbonyl (C=O) groups is 1. The highest BCUT2D eigenvalue weighted by molar-refractivity contribution is 7.99. The van der Waals surface area contributed by atoms with Crippen LogP contribution in [0.3, 0.4) is 0 Å². The Morgan fingerprint density at radius 2 is 2.05 bits per heavy atom. The lowest BCUT2D eigenvalue weighted by molar-refractivity contribution is -0.129. The van der Waals surface area contributed by atoms with Crippen LogP contribution in [0.25, 0.3) is 0 Å². The van der Waals surface area contributed by atoms with Crippen molar-refractivity contribution in [3.05, 3.63) is 53.7 Å². The molecule has 108 valence electrons. The molecular formula is C16H17N3OS. The predicted octanol–water partition coefficient (Wildman–Crippen LogP) is 2.34. The molecule has 4 nitrogen and oxygen atoms in total. The van der Waals surface area contributed by atoms with Crippen LogP contribution >= 0.6 is 11.8 Å². The first-order valence-corrected chi connectivity index (χ1v) is 7.90. The number of hydrogen-bond donors (Lipinski definition) is 1. The number of amides is 1. The number of fused-ring (bicyclic) bond motifs is 1. The average molecular weight is 299 g/mol. The van der Waals surface area contributed by atoms with Crippen LogP contribution in [0, 0.1) is 0 Å². The van der Waals surface area contributed by atoms with E-state index in [-0.39, 0.29) is 5.91 Å². The van der Waals surface area contributed by atoms with Crippen molar-refractivity contribution in [1.29, 1.82) is 0 Å². The molecular weight excluding hydrogens is 282 g/mol. The van der Waals surface area contributed by atoms with Crippen molar-refractivity contribution in [3.63, 3.8) is 0 Å². The number of benzene rings is 1. The second-order valence-corrected chi connectivity index (χ2v) is 6.05. The van der Waals surface area contributed by atoms with Crippen molar-refractivity contribution in [2.24, 2.45) is 0 Å². The number of anilines is 1. The van der Waals surface area contributed by atoms with Gasteiger partial charge in [-0.05, 0) is 29.7 Å². The van der Waals surface area contributed by atoms with Gasteiger partial charge in [-0.25, -0.2) is 4.98 Å².